The normalized spacial score (nSPS) is 13.4. The van der Waals surface area contributed by atoms with E-state index in [2.05, 4.69) is 9.73 Å². The second-order valence-electron chi connectivity index (χ2n) is 6.14. The topological polar surface area (TPSA) is 48.6 Å². The van der Waals surface area contributed by atoms with Gasteiger partial charge in [0.25, 0.3) is 0 Å². The van der Waals surface area contributed by atoms with Crippen LogP contribution >= 0.6 is 29.5 Å². The van der Waals surface area contributed by atoms with Crippen molar-refractivity contribution < 1.29 is 22.2 Å². The molecule has 2 aromatic carbocycles. The third kappa shape index (κ3) is 10.2. The van der Waals surface area contributed by atoms with Crippen LogP contribution in [0.4, 0.5) is 5.69 Å². The van der Waals surface area contributed by atoms with E-state index < -0.39 is 12.3 Å². The number of hydrogen-bond donors (Lipinski definition) is 1. The van der Waals surface area contributed by atoms with E-state index in [0.717, 1.165) is 40.7 Å². The molecule has 154 valence electrons. The molecule has 0 unspecified atom stereocenters. The van der Waals surface area contributed by atoms with Crippen LogP contribution in [0.1, 0.15) is 29.5 Å². The van der Waals surface area contributed by atoms with Crippen LogP contribution in [0.3, 0.4) is 0 Å². The first-order valence-electron chi connectivity index (χ1n) is 8.86. The summed E-state index contributed by atoms with van der Waals surface area (Å²) >= 11 is -1.77. The molecule has 0 aliphatic carbocycles. The van der Waals surface area contributed by atoms with Crippen LogP contribution in [-0.2, 0) is 12.3 Å². The summed E-state index contributed by atoms with van der Waals surface area (Å²) in [6.45, 7) is 6.29. The van der Waals surface area contributed by atoms with Gasteiger partial charge >= 0.3 is 41.8 Å². The second kappa shape index (κ2) is 14.3. The molecule has 0 radical (unpaired) electrons. The van der Waals surface area contributed by atoms with Gasteiger partial charge in [-0.1, -0.05) is 48.5 Å². The maximum atomic E-state index is 9.81. The van der Waals surface area contributed by atoms with Crippen molar-refractivity contribution in [2.45, 2.75) is 26.7 Å². The van der Waals surface area contributed by atoms with Gasteiger partial charge in [-0.05, 0) is 25.0 Å². The monoisotopic (exact) mass is 483 g/mol. The number of hydroxylamine groups is 2. The summed E-state index contributed by atoms with van der Waals surface area (Å²) in [5.41, 5.74) is 3.97. The zero-order valence-electron chi connectivity index (χ0n) is 16.3. The molecule has 0 saturated carbocycles. The summed E-state index contributed by atoms with van der Waals surface area (Å²) in [5, 5.41) is 10.9. The first kappa shape index (κ1) is 25.3. The fraction of sp³-hybridized carbons (Fsp3) is 0.350. The van der Waals surface area contributed by atoms with Crippen LogP contribution < -0.4 is 0 Å². The summed E-state index contributed by atoms with van der Waals surface area (Å²) in [7, 11) is 16.4. The summed E-state index contributed by atoms with van der Waals surface area (Å²) in [5.74, 6) is 0.540. The molecule has 8 heteroatoms. The van der Waals surface area contributed by atoms with E-state index in [1.165, 1.54) is 12.8 Å². The molecular weight excluding hydrogens is 458 g/mol. The number of aliphatic hydroxyl groups is 2. The van der Waals surface area contributed by atoms with Gasteiger partial charge in [0.2, 0.25) is 0 Å². The van der Waals surface area contributed by atoms with E-state index in [1.54, 1.807) is 7.05 Å². The van der Waals surface area contributed by atoms with E-state index in [1.807, 2.05) is 62.4 Å². The zero-order valence-corrected chi connectivity index (χ0v) is 20.0. The van der Waals surface area contributed by atoms with Crippen molar-refractivity contribution >= 4 is 41.1 Å². The molecule has 4 nitrogen and oxygen atoms in total. The van der Waals surface area contributed by atoms with Gasteiger partial charge in [-0.15, -0.1) is 0 Å². The Kier molecular flexibility index (Phi) is 12.9. The molecule has 1 fully saturated rings. The van der Waals surface area contributed by atoms with Crippen LogP contribution in [0.15, 0.2) is 53.5 Å². The summed E-state index contributed by atoms with van der Waals surface area (Å²) in [4.78, 5) is 4.62. The number of aryl methyl sites for hydroxylation is 2. The minimum absolute atomic E-state index is 0.540. The van der Waals surface area contributed by atoms with Crippen LogP contribution in [0.2, 0.25) is 0 Å². The van der Waals surface area contributed by atoms with Gasteiger partial charge in [0.1, 0.15) is 13.2 Å². The molecule has 1 aliphatic heterocycles. The summed E-state index contributed by atoms with van der Waals surface area (Å²) in [6.07, 6.45) is 2.67. The van der Waals surface area contributed by atoms with Crippen LogP contribution in [0, 0.1) is 13.8 Å². The predicted molar refractivity (Wildman–Crippen MR) is 117 cm³/mol. The van der Waals surface area contributed by atoms with Crippen molar-refractivity contribution in [1.82, 2.24) is 5.06 Å². The summed E-state index contributed by atoms with van der Waals surface area (Å²) in [6, 6.07) is 15.7. The van der Waals surface area contributed by atoms with Gasteiger partial charge < -0.3 is 4.74 Å². The Bertz CT molecular complexity index is 694. The Labute approximate surface area is 184 Å². The molecule has 2 aromatic rings. The van der Waals surface area contributed by atoms with Crippen LogP contribution in [0.25, 0.3) is 0 Å². The molecule has 0 aromatic heterocycles. The number of ether oxygens (including phenoxy) is 1. The fourth-order valence-corrected chi connectivity index (χ4v) is 2.56. The predicted octanol–water partition coefficient (Wildman–Crippen LogP) is 6.08. The number of hydrogen-bond acceptors (Lipinski definition) is 2. The number of aliphatic imine (C=N–C) groups is 1. The van der Waals surface area contributed by atoms with Crippen molar-refractivity contribution in [3.8, 4) is 0 Å². The molecule has 0 bridgehead atoms. The van der Waals surface area contributed by atoms with Gasteiger partial charge in [0.15, 0.2) is 5.84 Å². The summed E-state index contributed by atoms with van der Waals surface area (Å²) < 4.78 is 4.08. The average Bonchev–Trinajstić information content (AvgIpc) is 3.21. The Morgan fingerprint density at radius 1 is 0.964 bits per heavy atom. The van der Waals surface area contributed by atoms with E-state index in [-0.39, 0.29) is 0 Å². The van der Waals surface area contributed by atoms with Crippen LogP contribution in [-0.4, -0.2) is 41.1 Å². The van der Waals surface area contributed by atoms with Gasteiger partial charge in [-0.25, -0.2) is 10.1 Å². The van der Waals surface area contributed by atoms with Crippen molar-refractivity contribution in [3.63, 3.8) is 0 Å². The third-order valence-corrected chi connectivity index (χ3v) is 3.88. The molecule has 0 atom stereocenters. The van der Waals surface area contributed by atoms with Crippen LogP contribution in [0.5, 0.6) is 0 Å². The van der Waals surface area contributed by atoms with Gasteiger partial charge in [-0.2, -0.15) is 0 Å². The van der Waals surface area contributed by atoms with Gasteiger partial charge in [-0.3, -0.25) is 5.21 Å². The molecule has 1 saturated heterocycles. The average molecular weight is 485 g/mol. The number of amidine groups is 1. The van der Waals surface area contributed by atoms with Crippen molar-refractivity contribution in [3.05, 3.63) is 65.2 Å². The number of benzene rings is 2. The number of rotatable bonds is 2. The van der Waals surface area contributed by atoms with E-state index in [9.17, 15) is 5.21 Å². The maximum absolute atomic E-state index is 9.81. The molecular formula is C20H27Cl3N2O2V+. The van der Waals surface area contributed by atoms with Gasteiger partial charge in [0.05, 0.1) is 5.69 Å². The molecule has 0 amide bonds. The Hall–Kier alpha value is -0.716. The first-order valence-corrected chi connectivity index (χ1v) is 14.6. The van der Waals surface area contributed by atoms with E-state index in [0.29, 0.717) is 5.84 Å². The van der Waals surface area contributed by atoms with Gasteiger partial charge in [0, 0.05) is 25.5 Å². The molecule has 3 rings (SSSR count). The number of nitrogens with zero attached hydrogens (tertiary/aromatic N) is 2. The molecule has 1 aliphatic rings. The van der Waals surface area contributed by atoms with E-state index in [4.69, 9.17) is 29.5 Å². The van der Waals surface area contributed by atoms with E-state index >= 15 is 0 Å². The minimum atomic E-state index is -1.77. The molecule has 0 spiro atoms. The molecule has 2 N–H and O–H groups in total. The standard InChI is InChI=1S/C16H18N2O.C4H8O.3ClH.V/c1-12-8-7-9-13(2)15(12)17-16(18(3)19)14-10-5-4-6-11-14;1-2-4-5-3-1;;;;/h4-11,19H,1-3H3;1-4H2;3*1H;/q;;;;;+3/p-2. The SMILES string of the molecule is C1CC[OH+]C1.Cc1cccc(C)c1N=C(c1ccccc1)N(C)O.[Cl][V]([Cl])[Cl]. The molecule has 28 heavy (non-hydrogen) atoms. The second-order valence-corrected chi connectivity index (χ2v) is 13.1. The van der Waals surface area contributed by atoms with Crippen molar-refractivity contribution in [2.75, 3.05) is 20.3 Å². The first-order chi connectivity index (χ1) is 13.3. The Morgan fingerprint density at radius 3 is 1.86 bits per heavy atom. The van der Waals surface area contributed by atoms with Crippen molar-refractivity contribution in [2.24, 2.45) is 4.99 Å². The number of para-hydroxylation sites is 1. The molecule has 1 heterocycles. The third-order valence-electron chi connectivity index (χ3n) is 3.88. The fourth-order valence-electron chi connectivity index (χ4n) is 2.56. The quantitative estimate of drug-likeness (QED) is 0.243. The number of halogens is 3. The van der Waals surface area contributed by atoms with Crippen molar-refractivity contribution in [1.29, 1.82) is 0 Å². The Balaban J connectivity index is 0.000000359. The Morgan fingerprint density at radius 2 is 1.46 bits per heavy atom. The zero-order chi connectivity index (χ0) is 20.9.